The van der Waals surface area contributed by atoms with Crippen LogP contribution in [0.4, 0.5) is 4.39 Å². The Balaban J connectivity index is 1.57. The molecule has 0 aliphatic rings. The van der Waals surface area contributed by atoms with Crippen molar-refractivity contribution in [2.75, 3.05) is 0 Å². The lowest BCUT2D eigenvalue weighted by atomic mass is 10.2. The Labute approximate surface area is 197 Å². The number of benzene rings is 2. The van der Waals surface area contributed by atoms with Crippen LogP contribution < -0.4 is 5.56 Å². The Kier molecular flexibility index (Phi) is 5.59. The summed E-state index contributed by atoms with van der Waals surface area (Å²) in [6.45, 7) is 5.91. The summed E-state index contributed by atoms with van der Waals surface area (Å²) in [7, 11) is 0. The summed E-state index contributed by atoms with van der Waals surface area (Å²) in [6.07, 6.45) is 0. The van der Waals surface area contributed by atoms with Crippen LogP contribution >= 0.6 is 23.1 Å². The Morgan fingerprint density at radius 2 is 1.79 bits per heavy atom. The minimum absolute atomic E-state index is 0.130. The zero-order chi connectivity index (χ0) is 23.1. The van der Waals surface area contributed by atoms with Gasteiger partial charge >= 0.3 is 0 Å². The molecule has 0 saturated carbocycles. The van der Waals surface area contributed by atoms with Crippen molar-refractivity contribution in [1.29, 1.82) is 0 Å². The van der Waals surface area contributed by atoms with Crippen LogP contribution in [-0.4, -0.2) is 24.7 Å². The van der Waals surface area contributed by atoms with E-state index in [2.05, 4.69) is 15.2 Å². The lowest BCUT2D eigenvalue weighted by molar-refractivity contribution is 0.627. The van der Waals surface area contributed by atoms with E-state index < -0.39 is 0 Å². The minimum Gasteiger partial charge on any atom is -0.309 e. The van der Waals surface area contributed by atoms with Gasteiger partial charge in [-0.1, -0.05) is 42.1 Å². The molecule has 0 fully saturated rings. The fourth-order valence-electron chi connectivity index (χ4n) is 3.62. The van der Waals surface area contributed by atoms with Crippen LogP contribution in [0.3, 0.4) is 0 Å². The largest absolute Gasteiger partial charge is 0.309 e. The summed E-state index contributed by atoms with van der Waals surface area (Å²) in [6, 6.07) is 15.9. The highest BCUT2D eigenvalue weighted by atomic mass is 32.2. The number of fused-ring (bicyclic) bond motifs is 1. The Bertz CT molecular complexity index is 1510. The molecule has 6 nitrogen and oxygen atoms in total. The zero-order valence-electron chi connectivity index (χ0n) is 18.2. The molecular formula is C24H20FN5OS2. The Morgan fingerprint density at radius 3 is 2.52 bits per heavy atom. The van der Waals surface area contributed by atoms with E-state index >= 15 is 0 Å². The number of aryl methyl sites for hydroxylation is 2. The first-order valence-corrected chi connectivity index (χ1v) is 12.1. The number of hydrogen-bond acceptors (Lipinski definition) is 6. The first-order chi connectivity index (χ1) is 15.9. The molecule has 1 N–H and O–H groups in total. The third-order valence-electron chi connectivity index (χ3n) is 5.47. The highest BCUT2D eigenvalue weighted by molar-refractivity contribution is 7.99. The van der Waals surface area contributed by atoms with Crippen LogP contribution in [0.15, 0.2) is 64.5 Å². The fourth-order valence-corrected chi connectivity index (χ4v) is 5.58. The molecule has 9 heteroatoms. The Hall–Kier alpha value is -3.30. The molecule has 0 aliphatic carbocycles. The number of rotatable bonds is 5. The number of aromatic amines is 1. The molecule has 1 atom stereocenters. The summed E-state index contributed by atoms with van der Waals surface area (Å²) in [5.41, 5.74) is 2.48. The average Bonchev–Trinajstić information content (AvgIpc) is 3.35. The number of thioether (sulfide) groups is 1. The van der Waals surface area contributed by atoms with Gasteiger partial charge in [-0.3, -0.25) is 9.36 Å². The first-order valence-electron chi connectivity index (χ1n) is 10.4. The first kappa shape index (κ1) is 21.5. The number of H-pyrrole nitrogens is 1. The van der Waals surface area contributed by atoms with Crippen LogP contribution in [0.25, 0.3) is 27.3 Å². The van der Waals surface area contributed by atoms with Gasteiger partial charge in [0.15, 0.2) is 11.0 Å². The maximum atomic E-state index is 13.6. The molecular weight excluding hydrogens is 457 g/mol. The van der Waals surface area contributed by atoms with E-state index in [-0.39, 0.29) is 16.6 Å². The van der Waals surface area contributed by atoms with E-state index in [9.17, 15) is 9.18 Å². The van der Waals surface area contributed by atoms with Gasteiger partial charge < -0.3 is 4.98 Å². The summed E-state index contributed by atoms with van der Waals surface area (Å²) >= 11 is 2.96. The third kappa shape index (κ3) is 3.98. The second-order valence-corrected chi connectivity index (χ2v) is 10.2. The van der Waals surface area contributed by atoms with Gasteiger partial charge in [-0.05, 0) is 50.6 Å². The van der Waals surface area contributed by atoms with E-state index in [1.807, 2.05) is 55.7 Å². The Morgan fingerprint density at radius 1 is 1.06 bits per heavy atom. The molecule has 0 spiro atoms. The molecule has 0 saturated heterocycles. The van der Waals surface area contributed by atoms with Gasteiger partial charge in [0.1, 0.15) is 16.5 Å². The normalized spacial score (nSPS) is 12.4. The van der Waals surface area contributed by atoms with Crippen LogP contribution in [0.1, 0.15) is 28.4 Å². The smallest absolute Gasteiger partial charge is 0.259 e. The number of hydrogen-bond donors (Lipinski definition) is 1. The number of thiophene rings is 1. The van der Waals surface area contributed by atoms with Crippen LogP contribution in [0.2, 0.25) is 0 Å². The molecule has 0 radical (unpaired) electrons. The molecule has 0 bridgehead atoms. The monoisotopic (exact) mass is 477 g/mol. The molecule has 166 valence electrons. The van der Waals surface area contributed by atoms with Crippen LogP contribution in [-0.2, 0) is 0 Å². The van der Waals surface area contributed by atoms with Gasteiger partial charge in [0.2, 0.25) is 0 Å². The number of nitrogens with one attached hydrogen (secondary N) is 1. The third-order valence-corrected chi connectivity index (χ3v) is 7.63. The summed E-state index contributed by atoms with van der Waals surface area (Å²) in [5, 5.41) is 9.92. The summed E-state index contributed by atoms with van der Waals surface area (Å²) in [4.78, 5) is 22.2. The second-order valence-electron chi connectivity index (χ2n) is 7.66. The molecule has 2 aromatic carbocycles. The maximum Gasteiger partial charge on any atom is 0.259 e. The van der Waals surface area contributed by atoms with Crippen molar-refractivity contribution in [3.05, 3.63) is 87.0 Å². The molecule has 3 aromatic heterocycles. The lowest BCUT2D eigenvalue weighted by Crippen LogP contribution is -2.12. The van der Waals surface area contributed by atoms with Gasteiger partial charge in [0, 0.05) is 16.1 Å². The highest BCUT2D eigenvalue weighted by Crippen LogP contribution is 2.36. The quantitative estimate of drug-likeness (QED) is 0.322. The van der Waals surface area contributed by atoms with Crippen molar-refractivity contribution in [3.63, 3.8) is 0 Å². The van der Waals surface area contributed by atoms with Crippen molar-refractivity contribution in [1.82, 2.24) is 24.7 Å². The van der Waals surface area contributed by atoms with E-state index in [0.717, 1.165) is 26.5 Å². The standard InChI is InChI=1S/C24H20FN5OS2/c1-13-14(2)32-23-19(13)22(31)26-20(27-23)15(3)33-24-29-28-21(16-7-5-4-6-8-16)30(24)18-11-9-17(25)10-12-18/h4-12,15H,1-3H3,(H,26,27,31). The highest BCUT2D eigenvalue weighted by Gasteiger charge is 2.21. The molecule has 33 heavy (non-hydrogen) atoms. The van der Waals surface area contributed by atoms with E-state index in [1.54, 1.807) is 12.1 Å². The van der Waals surface area contributed by atoms with Gasteiger partial charge in [-0.15, -0.1) is 21.5 Å². The minimum atomic E-state index is -0.313. The van der Waals surface area contributed by atoms with Gasteiger partial charge in [-0.2, -0.15) is 0 Å². The summed E-state index contributed by atoms with van der Waals surface area (Å²) < 4.78 is 15.5. The number of aromatic nitrogens is 5. The van der Waals surface area contributed by atoms with Crippen LogP contribution in [0, 0.1) is 19.7 Å². The molecule has 5 rings (SSSR count). The second kappa shape index (κ2) is 8.57. The molecule has 3 heterocycles. The maximum absolute atomic E-state index is 13.6. The van der Waals surface area contributed by atoms with Crippen molar-refractivity contribution < 1.29 is 4.39 Å². The predicted octanol–water partition coefficient (Wildman–Crippen LogP) is 5.84. The topological polar surface area (TPSA) is 76.5 Å². The average molecular weight is 478 g/mol. The zero-order valence-corrected chi connectivity index (χ0v) is 19.8. The van der Waals surface area contributed by atoms with Gasteiger partial charge in [0.25, 0.3) is 5.56 Å². The van der Waals surface area contributed by atoms with Crippen LogP contribution in [0.5, 0.6) is 0 Å². The van der Waals surface area contributed by atoms with Gasteiger partial charge in [-0.25, -0.2) is 9.37 Å². The van der Waals surface area contributed by atoms with Crippen molar-refractivity contribution in [2.45, 2.75) is 31.2 Å². The molecule has 0 aliphatic heterocycles. The van der Waals surface area contributed by atoms with Crippen molar-refractivity contribution >= 4 is 33.3 Å². The molecule has 5 aromatic rings. The molecule has 1 unspecified atom stereocenters. The van der Waals surface area contributed by atoms with E-state index in [4.69, 9.17) is 4.98 Å². The molecule has 0 amide bonds. The van der Waals surface area contributed by atoms with Crippen molar-refractivity contribution in [3.8, 4) is 17.1 Å². The number of nitrogens with zero attached hydrogens (tertiary/aromatic N) is 4. The number of halogens is 1. The lowest BCUT2D eigenvalue weighted by Gasteiger charge is -2.13. The van der Waals surface area contributed by atoms with E-state index in [1.165, 1.54) is 35.2 Å². The van der Waals surface area contributed by atoms with E-state index in [0.29, 0.717) is 22.2 Å². The summed E-state index contributed by atoms with van der Waals surface area (Å²) in [5.74, 6) is 0.916. The predicted molar refractivity (Wildman–Crippen MR) is 131 cm³/mol. The van der Waals surface area contributed by atoms with Crippen molar-refractivity contribution in [2.24, 2.45) is 0 Å². The fraction of sp³-hybridized carbons (Fsp3) is 0.167. The SMILES string of the molecule is Cc1sc2nc(C(C)Sc3nnc(-c4ccccc4)n3-c3ccc(F)cc3)[nH]c(=O)c2c1C. The van der Waals surface area contributed by atoms with Gasteiger partial charge in [0.05, 0.1) is 10.6 Å².